The third-order valence-corrected chi connectivity index (χ3v) is 2.58. The van der Waals surface area contributed by atoms with Crippen molar-refractivity contribution in [3.05, 3.63) is 27.5 Å². The predicted molar refractivity (Wildman–Crippen MR) is 54.4 cm³/mol. The Labute approximate surface area is 90.1 Å². The van der Waals surface area contributed by atoms with Gasteiger partial charge in [-0.25, -0.2) is 10.3 Å². The maximum Gasteiger partial charge on any atom is 0.139 e. The summed E-state index contributed by atoms with van der Waals surface area (Å²) < 4.78 is 19.0. The highest BCUT2D eigenvalue weighted by Gasteiger charge is 2.14. The van der Waals surface area contributed by atoms with Crippen LogP contribution in [0.1, 0.15) is 11.1 Å². The Balaban J connectivity index is 3.32. The molecular formula is C9H11BrFNO2. The molecule has 2 N–H and O–H groups in total. The van der Waals surface area contributed by atoms with Gasteiger partial charge in [0.25, 0.3) is 0 Å². The lowest BCUT2D eigenvalue weighted by Crippen LogP contribution is -2.05. The smallest absolute Gasteiger partial charge is 0.139 e. The van der Waals surface area contributed by atoms with Gasteiger partial charge in [0.2, 0.25) is 0 Å². The van der Waals surface area contributed by atoms with Gasteiger partial charge in [0.1, 0.15) is 11.6 Å². The Morgan fingerprint density at radius 3 is 2.71 bits per heavy atom. The first-order valence-electron chi connectivity index (χ1n) is 3.95. The van der Waals surface area contributed by atoms with Crippen LogP contribution in [0, 0.1) is 12.7 Å². The zero-order valence-corrected chi connectivity index (χ0v) is 9.52. The molecule has 0 heterocycles. The van der Waals surface area contributed by atoms with E-state index >= 15 is 0 Å². The average Bonchev–Trinajstić information content (AvgIpc) is 2.14. The molecule has 1 aromatic carbocycles. The Kier molecular flexibility index (Phi) is 3.86. The van der Waals surface area contributed by atoms with Crippen molar-refractivity contribution < 1.29 is 14.0 Å². The maximum atomic E-state index is 13.3. The molecule has 0 radical (unpaired) electrons. The SMILES string of the molecule is COc1c(Br)cc(F)c(C)c1CON. The van der Waals surface area contributed by atoms with E-state index in [0.717, 1.165) is 0 Å². The van der Waals surface area contributed by atoms with Crippen LogP contribution in [0.15, 0.2) is 10.5 Å². The largest absolute Gasteiger partial charge is 0.495 e. The molecule has 0 aliphatic rings. The highest BCUT2D eigenvalue weighted by atomic mass is 79.9. The zero-order chi connectivity index (χ0) is 10.7. The number of hydrogen-bond donors (Lipinski definition) is 1. The van der Waals surface area contributed by atoms with E-state index in [1.807, 2.05) is 0 Å². The molecule has 1 aromatic rings. The van der Waals surface area contributed by atoms with Crippen molar-refractivity contribution in [1.29, 1.82) is 0 Å². The second-order valence-corrected chi connectivity index (χ2v) is 3.64. The molecule has 14 heavy (non-hydrogen) atoms. The fourth-order valence-corrected chi connectivity index (χ4v) is 1.82. The van der Waals surface area contributed by atoms with E-state index in [0.29, 0.717) is 21.3 Å². The van der Waals surface area contributed by atoms with Crippen molar-refractivity contribution in [2.75, 3.05) is 7.11 Å². The fourth-order valence-electron chi connectivity index (χ4n) is 1.22. The Morgan fingerprint density at radius 2 is 2.21 bits per heavy atom. The van der Waals surface area contributed by atoms with Crippen molar-refractivity contribution in [1.82, 2.24) is 0 Å². The van der Waals surface area contributed by atoms with Crippen LogP contribution in [0.5, 0.6) is 5.75 Å². The van der Waals surface area contributed by atoms with Crippen LogP contribution in [0.3, 0.4) is 0 Å². The van der Waals surface area contributed by atoms with Gasteiger partial charge in [-0.15, -0.1) is 0 Å². The van der Waals surface area contributed by atoms with E-state index in [-0.39, 0.29) is 12.4 Å². The second kappa shape index (κ2) is 4.72. The summed E-state index contributed by atoms with van der Waals surface area (Å²) in [6.07, 6.45) is 0. The molecule has 0 aromatic heterocycles. The number of benzene rings is 1. The third-order valence-electron chi connectivity index (χ3n) is 1.99. The first kappa shape index (κ1) is 11.4. The van der Waals surface area contributed by atoms with Crippen LogP contribution in [-0.4, -0.2) is 7.11 Å². The zero-order valence-electron chi connectivity index (χ0n) is 7.93. The summed E-state index contributed by atoms with van der Waals surface area (Å²) in [5.74, 6) is 5.20. The molecule has 5 heteroatoms. The molecule has 0 saturated carbocycles. The number of hydrogen-bond acceptors (Lipinski definition) is 3. The molecule has 0 atom stereocenters. The Hall–Kier alpha value is -0.650. The lowest BCUT2D eigenvalue weighted by Gasteiger charge is -2.13. The second-order valence-electron chi connectivity index (χ2n) is 2.79. The van der Waals surface area contributed by atoms with E-state index in [1.54, 1.807) is 6.92 Å². The lowest BCUT2D eigenvalue weighted by molar-refractivity contribution is 0.121. The van der Waals surface area contributed by atoms with E-state index < -0.39 is 0 Å². The van der Waals surface area contributed by atoms with Gasteiger partial charge in [-0.1, -0.05) is 0 Å². The summed E-state index contributed by atoms with van der Waals surface area (Å²) in [6, 6.07) is 1.36. The summed E-state index contributed by atoms with van der Waals surface area (Å²) in [4.78, 5) is 4.49. The van der Waals surface area contributed by atoms with Crippen molar-refractivity contribution >= 4 is 15.9 Å². The van der Waals surface area contributed by atoms with Gasteiger partial charge in [0.05, 0.1) is 18.2 Å². The molecule has 0 bridgehead atoms. The van der Waals surface area contributed by atoms with Crippen molar-refractivity contribution in [2.45, 2.75) is 13.5 Å². The van der Waals surface area contributed by atoms with Crippen LogP contribution in [0.4, 0.5) is 4.39 Å². The summed E-state index contributed by atoms with van der Waals surface area (Å²) in [6.45, 7) is 1.77. The van der Waals surface area contributed by atoms with Gasteiger partial charge in [0.15, 0.2) is 0 Å². The minimum atomic E-state index is -0.315. The van der Waals surface area contributed by atoms with Crippen LogP contribution in [0.25, 0.3) is 0 Å². The molecule has 0 aliphatic carbocycles. The Morgan fingerprint density at radius 1 is 1.57 bits per heavy atom. The van der Waals surface area contributed by atoms with Gasteiger partial charge in [-0.2, -0.15) is 0 Å². The van der Waals surface area contributed by atoms with Crippen molar-refractivity contribution in [3.8, 4) is 5.75 Å². The quantitative estimate of drug-likeness (QED) is 0.852. The molecule has 0 aliphatic heterocycles. The van der Waals surface area contributed by atoms with Gasteiger partial charge in [-0.05, 0) is 34.5 Å². The molecule has 1 rings (SSSR count). The molecular weight excluding hydrogens is 253 g/mol. The fraction of sp³-hybridized carbons (Fsp3) is 0.333. The van der Waals surface area contributed by atoms with Crippen molar-refractivity contribution in [2.24, 2.45) is 5.90 Å². The number of rotatable bonds is 3. The monoisotopic (exact) mass is 263 g/mol. The van der Waals surface area contributed by atoms with Gasteiger partial charge >= 0.3 is 0 Å². The number of ether oxygens (including phenoxy) is 1. The molecule has 3 nitrogen and oxygen atoms in total. The lowest BCUT2D eigenvalue weighted by atomic mass is 10.1. The average molecular weight is 264 g/mol. The minimum absolute atomic E-state index is 0.116. The highest BCUT2D eigenvalue weighted by Crippen LogP contribution is 2.33. The summed E-state index contributed by atoms with van der Waals surface area (Å²) in [5, 5.41) is 0. The minimum Gasteiger partial charge on any atom is -0.495 e. The number of methoxy groups -OCH3 is 1. The van der Waals surface area contributed by atoms with E-state index in [1.165, 1.54) is 13.2 Å². The van der Waals surface area contributed by atoms with E-state index in [9.17, 15) is 4.39 Å². The predicted octanol–water partition coefficient (Wildman–Crippen LogP) is 2.30. The molecule has 78 valence electrons. The van der Waals surface area contributed by atoms with E-state index in [2.05, 4.69) is 20.8 Å². The first-order valence-corrected chi connectivity index (χ1v) is 4.74. The standard InChI is InChI=1S/C9H11BrFNO2/c1-5-6(4-14-12)9(13-2)7(10)3-8(5)11/h3H,4,12H2,1-2H3. The Bertz CT molecular complexity index is 344. The number of halogens is 2. The normalized spacial score (nSPS) is 10.4. The van der Waals surface area contributed by atoms with Crippen LogP contribution >= 0.6 is 15.9 Å². The van der Waals surface area contributed by atoms with Crippen molar-refractivity contribution in [3.63, 3.8) is 0 Å². The molecule has 0 fully saturated rings. The van der Waals surface area contributed by atoms with Crippen LogP contribution in [0.2, 0.25) is 0 Å². The van der Waals surface area contributed by atoms with Crippen LogP contribution in [-0.2, 0) is 11.4 Å². The molecule has 0 unspecified atom stereocenters. The third kappa shape index (κ3) is 2.05. The van der Waals surface area contributed by atoms with Gasteiger partial charge in [0, 0.05) is 5.56 Å². The van der Waals surface area contributed by atoms with Gasteiger partial charge in [-0.3, -0.25) is 4.84 Å². The molecule has 0 saturated heterocycles. The molecule has 0 spiro atoms. The summed E-state index contributed by atoms with van der Waals surface area (Å²) in [7, 11) is 1.51. The topological polar surface area (TPSA) is 44.5 Å². The molecule has 0 amide bonds. The highest BCUT2D eigenvalue weighted by molar-refractivity contribution is 9.10. The summed E-state index contributed by atoms with van der Waals surface area (Å²) >= 11 is 3.20. The summed E-state index contributed by atoms with van der Waals surface area (Å²) in [5.41, 5.74) is 1.09. The number of nitrogens with two attached hydrogens (primary N) is 1. The first-order chi connectivity index (χ1) is 6.61. The van der Waals surface area contributed by atoms with E-state index in [4.69, 9.17) is 10.6 Å². The maximum absolute atomic E-state index is 13.3. The van der Waals surface area contributed by atoms with Gasteiger partial charge < -0.3 is 4.74 Å². The van der Waals surface area contributed by atoms with Crippen LogP contribution < -0.4 is 10.6 Å².